The summed E-state index contributed by atoms with van der Waals surface area (Å²) >= 11 is 5.98. The van der Waals surface area contributed by atoms with Crippen LogP contribution in [0, 0.1) is 6.92 Å². The summed E-state index contributed by atoms with van der Waals surface area (Å²) in [5, 5.41) is 2.06. The van der Waals surface area contributed by atoms with Gasteiger partial charge in [0.05, 0.1) is 0 Å². The average Bonchev–Trinajstić information content (AvgIpc) is 2.57. The first kappa shape index (κ1) is 16.3. The lowest BCUT2D eigenvalue weighted by Gasteiger charge is -2.19. The number of aromatic nitrogens is 1. The van der Waals surface area contributed by atoms with Gasteiger partial charge in [-0.15, -0.1) is 0 Å². The molecule has 1 heterocycles. The van der Waals surface area contributed by atoms with Crippen LogP contribution in [-0.2, 0) is 11.3 Å². The number of fused-ring (bicyclic) bond motifs is 1. The van der Waals surface area contributed by atoms with E-state index in [-0.39, 0.29) is 18.0 Å². The molecule has 3 rings (SSSR count). The molecular formula is C19H17ClN2O2. The molecule has 1 amide bonds. The SMILES string of the molecule is Cc1cc2ccccc2c(=O)n1CC(=O)N(C)c1cccc(Cl)c1. The second-order valence-electron chi connectivity index (χ2n) is 5.70. The van der Waals surface area contributed by atoms with E-state index in [1.54, 1.807) is 37.4 Å². The summed E-state index contributed by atoms with van der Waals surface area (Å²) in [6.07, 6.45) is 0. The summed E-state index contributed by atoms with van der Waals surface area (Å²) in [6.45, 7) is 1.82. The minimum Gasteiger partial charge on any atom is -0.314 e. The number of carbonyl (C=O) groups excluding carboxylic acids is 1. The number of likely N-dealkylation sites (N-methyl/N-ethyl adjacent to an activating group) is 1. The Bertz CT molecular complexity index is 979. The molecule has 2 aromatic carbocycles. The quantitative estimate of drug-likeness (QED) is 0.730. The molecule has 5 heteroatoms. The number of rotatable bonds is 3. The summed E-state index contributed by atoms with van der Waals surface area (Å²) in [5.41, 5.74) is 1.30. The highest BCUT2D eigenvalue weighted by Crippen LogP contribution is 2.19. The molecule has 0 unspecified atom stereocenters. The highest BCUT2D eigenvalue weighted by atomic mass is 35.5. The van der Waals surface area contributed by atoms with Crippen molar-refractivity contribution < 1.29 is 4.79 Å². The zero-order valence-corrected chi connectivity index (χ0v) is 14.2. The van der Waals surface area contributed by atoms with E-state index < -0.39 is 0 Å². The third-order valence-corrected chi connectivity index (χ3v) is 4.32. The minimum absolute atomic E-state index is 0.0154. The Morgan fingerprint density at radius 1 is 1.12 bits per heavy atom. The van der Waals surface area contributed by atoms with Gasteiger partial charge in [0.1, 0.15) is 6.54 Å². The number of hydrogen-bond acceptors (Lipinski definition) is 2. The normalized spacial score (nSPS) is 10.8. The van der Waals surface area contributed by atoms with Gasteiger partial charge in [0, 0.05) is 28.8 Å². The van der Waals surface area contributed by atoms with Crippen molar-refractivity contribution in [2.75, 3.05) is 11.9 Å². The molecule has 0 saturated carbocycles. The van der Waals surface area contributed by atoms with Gasteiger partial charge in [-0.25, -0.2) is 0 Å². The van der Waals surface area contributed by atoms with Crippen molar-refractivity contribution in [3.05, 3.63) is 75.7 Å². The van der Waals surface area contributed by atoms with Crippen LogP contribution in [0.25, 0.3) is 10.8 Å². The van der Waals surface area contributed by atoms with Gasteiger partial charge in [0.2, 0.25) is 5.91 Å². The van der Waals surface area contributed by atoms with Gasteiger partial charge in [-0.3, -0.25) is 9.59 Å². The van der Waals surface area contributed by atoms with Gasteiger partial charge in [0.25, 0.3) is 5.56 Å². The Balaban J connectivity index is 1.95. The topological polar surface area (TPSA) is 42.3 Å². The molecule has 0 fully saturated rings. The highest BCUT2D eigenvalue weighted by molar-refractivity contribution is 6.30. The molecule has 0 aliphatic heterocycles. The van der Waals surface area contributed by atoms with Crippen molar-refractivity contribution in [3.8, 4) is 0 Å². The molecule has 122 valence electrons. The zero-order chi connectivity index (χ0) is 17.3. The van der Waals surface area contributed by atoms with E-state index in [0.717, 1.165) is 11.1 Å². The van der Waals surface area contributed by atoms with Crippen LogP contribution in [0.5, 0.6) is 0 Å². The van der Waals surface area contributed by atoms with Crippen molar-refractivity contribution in [1.82, 2.24) is 4.57 Å². The molecule has 0 atom stereocenters. The maximum Gasteiger partial charge on any atom is 0.259 e. The fourth-order valence-electron chi connectivity index (χ4n) is 2.69. The van der Waals surface area contributed by atoms with E-state index >= 15 is 0 Å². The number of benzene rings is 2. The van der Waals surface area contributed by atoms with Crippen LogP contribution in [0.15, 0.2) is 59.4 Å². The van der Waals surface area contributed by atoms with Crippen LogP contribution in [0.4, 0.5) is 5.69 Å². The molecule has 24 heavy (non-hydrogen) atoms. The number of pyridine rings is 1. The van der Waals surface area contributed by atoms with Crippen molar-refractivity contribution >= 4 is 34.0 Å². The number of carbonyl (C=O) groups is 1. The predicted octanol–water partition coefficient (Wildman–Crippen LogP) is 3.63. The molecule has 0 saturated heterocycles. The Kier molecular flexibility index (Phi) is 4.40. The van der Waals surface area contributed by atoms with Crippen LogP contribution >= 0.6 is 11.6 Å². The van der Waals surface area contributed by atoms with Crippen molar-refractivity contribution in [1.29, 1.82) is 0 Å². The summed E-state index contributed by atoms with van der Waals surface area (Å²) < 4.78 is 1.51. The maximum atomic E-state index is 12.7. The molecule has 0 bridgehead atoms. The van der Waals surface area contributed by atoms with E-state index in [2.05, 4.69) is 0 Å². The number of hydrogen-bond donors (Lipinski definition) is 0. The van der Waals surface area contributed by atoms with Crippen molar-refractivity contribution in [2.24, 2.45) is 0 Å². The minimum atomic E-state index is -0.183. The molecule has 0 aliphatic carbocycles. The molecule has 3 aromatic rings. The molecule has 0 aliphatic rings. The second-order valence-corrected chi connectivity index (χ2v) is 6.13. The number of nitrogens with zero attached hydrogens (tertiary/aromatic N) is 2. The Hall–Kier alpha value is -2.59. The molecule has 1 aromatic heterocycles. The second kappa shape index (κ2) is 6.49. The van der Waals surface area contributed by atoms with E-state index in [1.165, 1.54) is 9.47 Å². The van der Waals surface area contributed by atoms with Crippen LogP contribution in [-0.4, -0.2) is 17.5 Å². The van der Waals surface area contributed by atoms with Gasteiger partial charge in [0.15, 0.2) is 0 Å². The van der Waals surface area contributed by atoms with E-state index in [0.29, 0.717) is 16.1 Å². The lowest BCUT2D eigenvalue weighted by atomic mass is 10.1. The first-order valence-electron chi connectivity index (χ1n) is 7.58. The van der Waals surface area contributed by atoms with Gasteiger partial charge in [-0.1, -0.05) is 35.9 Å². The van der Waals surface area contributed by atoms with E-state index in [1.807, 2.05) is 31.2 Å². The zero-order valence-electron chi connectivity index (χ0n) is 13.5. The van der Waals surface area contributed by atoms with Crippen LogP contribution in [0.1, 0.15) is 5.69 Å². The summed E-state index contributed by atoms with van der Waals surface area (Å²) in [7, 11) is 1.68. The van der Waals surface area contributed by atoms with Crippen LogP contribution < -0.4 is 10.5 Å². The first-order valence-corrected chi connectivity index (χ1v) is 7.96. The summed E-state index contributed by atoms with van der Waals surface area (Å²) in [5.74, 6) is -0.183. The number of anilines is 1. The molecule has 0 N–H and O–H groups in total. The Labute approximate surface area is 144 Å². The molecule has 0 spiro atoms. The van der Waals surface area contributed by atoms with E-state index in [9.17, 15) is 9.59 Å². The largest absolute Gasteiger partial charge is 0.314 e. The molecule has 0 radical (unpaired) electrons. The van der Waals surface area contributed by atoms with Crippen LogP contribution in [0.2, 0.25) is 5.02 Å². The number of halogens is 1. The van der Waals surface area contributed by atoms with Gasteiger partial charge >= 0.3 is 0 Å². The maximum absolute atomic E-state index is 12.7. The highest BCUT2D eigenvalue weighted by Gasteiger charge is 2.15. The van der Waals surface area contributed by atoms with Gasteiger partial charge < -0.3 is 9.47 Å². The fraction of sp³-hybridized carbons (Fsp3) is 0.158. The fourth-order valence-corrected chi connectivity index (χ4v) is 2.88. The molecule has 4 nitrogen and oxygen atoms in total. The van der Waals surface area contributed by atoms with Gasteiger partial charge in [-0.05, 0) is 42.6 Å². The number of aryl methyl sites for hydroxylation is 1. The van der Waals surface area contributed by atoms with Crippen molar-refractivity contribution in [2.45, 2.75) is 13.5 Å². The number of amides is 1. The smallest absolute Gasteiger partial charge is 0.259 e. The van der Waals surface area contributed by atoms with Crippen LogP contribution in [0.3, 0.4) is 0 Å². The lowest BCUT2D eigenvalue weighted by Crippen LogP contribution is -2.34. The third-order valence-electron chi connectivity index (χ3n) is 4.09. The average molecular weight is 341 g/mol. The monoisotopic (exact) mass is 340 g/mol. The Morgan fingerprint density at radius 3 is 2.62 bits per heavy atom. The molecular weight excluding hydrogens is 324 g/mol. The first-order chi connectivity index (χ1) is 11.5. The standard InChI is InChI=1S/C19H17ClN2O2/c1-13-10-14-6-3-4-9-17(14)19(24)22(13)12-18(23)21(2)16-8-5-7-15(20)11-16/h3-11H,12H2,1-2H3. The Morgan fingerprint density at radius 2 is 1.88 bits per heavy atom. The summed E-state index contributed by atoms with van der Waals surface area (Å²) in [4.78, 5) is 26.8. The van der Waals surface area contributed by atoms with E-state index in [4.69, 9.17) is 11.6 Å². The predicted molar refractivity (Wildman–Crippen MR) is 97.8 cm³/mol. The lowest BCUT2D eigenvalue weighted by molar-refractivity contribution is -0.118. The summed E-state index contributed by atoms with van der Waals surface area (Å²) in [6, 6.07) is 16.4. The van der Waals surface area contributed by atoms with Gasteiger partial charge in [-0.2, -0.15) is 0 Å². The third kappa shape index (κ3) is 3.05. The van der Waals surface area contributed by atoms with Crippen molar-refractivity contribution in [3.63, 3.8) is 0 Å².